The van der Waals surface area contributed by atoms with Gasteiger partial charge in [-0.2, -0.15) is 0 Å². The average Bonchev–Trinajstić information content (AvgIpc) is 3.29. The molecule has 1 aliphatic carbocycles. The molecule has 6 nitrogen and oxygen atoms in total. The highest BCUT2D eigenvalue weighted by Gasteiger charge is 2.24. The van der Waals surface area contributed by atoms with Gasteiger partial charge >= 0.3 is 0 Å². The Morgan fingerprint density at radius 3 is 2.83 bits per heavy atom. The first-order valence-corrected chi connectivity index (χ1v) is 7.84. The summed E-state index contributed by atoms with van der Waals surface area (Å²) in [5, 5.41) is 6.29. The van der Waals surface area contributed by atoms with Gasteiger partial charge in [-0.25, -0.2) is 0 Å². The van der Waals surface area contributed by atoms with Crippen LogP contribution in [0.15, 0.2) is 28.7 Å². The third kappa shape index (κ3) is 3.71. The molecule has 23 heavy (non-hydrogen) atoms. The lowest BCUT2D eigenvalue weighted by Gasteiger charge is -2.06. The number of amides is 2. The Bertz CT molecular complexity index is 718. The van der Waals surface area contributed by atoms with Crippen LogP contribution >= 0.6 is 0 Å². The number of carbonyl (C=O) groups excluding carboxylic acids is 2. The molecule has 0 radical (unpaired) electrons. The minimum Gasteiger partial charge on any atom is -0.451 e. The largest absolute Gasteiger partial charge is 0.451 e. The van der Waals surface area contributed by atoms with Gasteiger partial charge < -0.3 is 19.8 Å². The first-order valence-electron chi connectivity index (χ1n) is 7.84. The summed E-state index contributed by atoms with van der Waals surface area (Å²) in [4.78, 5) is 24.0. The number of para-hydroxylation sites is 1. The molecule has 2 amide bonds. The molecule has 0 bridgehead atoms. The lowest BCUT2D eigenvalue weighted by atomic mass is 10.1. The molecule has 2 aromatic rings. The monoisotopic (exact) mass is 316 g/mol. The first-order chi connectivity index (χ1) is 11.2. The average molecular weight is 316 g/mol. The predicted molar refractivity (Wildman–Crippen MR) is 85.0 cm³/mol. The summed E-state index contributed by atoms with van der Waals surface area (Å²) >= 11 is 0. The van der Waals surface area contributed by atoms with Crippen LogP contribution in [-0.2, 0) is 16.1 Å². The zero-order valence-electron chi connectivity index (χ0n) is 13.1. The van der Waals surface area contributed by atoms with E-state index in [4.69, 9.17) is 9.15 Å². The normalized spacial score (nSPS) is 14.0. The fourth-order valence-electron chi connectivity index (χ4n) is 2.38. The van der Waals surface area contributed by atoms with Crippen molar-refractivity contribution in [2.75, 3.05) is 13.2 Å². The van der Waals surface area contributed by atoms with Crippen molar-refractivity contribution in [1.29, 1.82) is 0 Å². The van der Waals surface area contributed by atoms with E-state index in [9.17, 15) is 9.59 Å². The molecule has 1 aromatic carbocycles. The summed E-state index contributed by atoms with van der Waals surface area (Å²) in [5.41, 5.74) is 1.34. The zero-order valence-corrected chi connectivity index (χ0v) is 13.1. The van der Waals surface area contributed by atoms with Gasteiger partial charge in [0.05, 0.1) is 13.2 Å². The first kappa shape index (κ1) is 15.6. The number of fused-ring (bicyclic) bond motifs is 1. The van der Waals surface area contributed by atoms with Gasteiger partial charge in [-0.15, -0.1) is 0 Å². The van der Waals surface area contributed by atoms with Crippen molar-refractivity contribution in [3.05, 3.63) is 35.6 Å². The maximum Gasteiger partial charge on any atom is 0.287 e. The second-order valence-corrected chi connectivity index (χ2v) is 5.57. The third-order valence-electron chi connectivity index (χ3n) is 3.71. The molecule has 0 spiro atoms. The number of ether oxygens (including phenoxy) is 1. The van der Waals surface area contributed by atoms with Gasteiger partial charge in [-0.1, -0.05) is 18.2 Å². The maximum atomic E-state index is 12.4. The van der Waals surface area contributed by atoms with E-state index >= 15 is 0 Å². The number of rotatable bonds is 7. The van der Waals surface area contributed by atoms with Crippen molar-refractivity contribution >= 4 is 22.8 Å². The molecule has 1 fully saturated rings. The Morgan fingerprint density at radius 2 is 2.09 bits per heavy atom. The van der Waals surface area contributed by atoms with Crippen molar-refractivity contribution in [3.8, 4) is 0 Å². The van der Waals surface area contributed by atoms with Crippen molar-refractivity contribution < 1.29 is 18.7 Å². The van der Waals surface area contributed by atoms with Crippen molar-refractivity contribution in [2.45, 2.75) is 32.4 Å². The molecule has 1 heterocycles. The van der Waals surface area contributed by atoms with Crippen LogP contribution in [0.25, 0.3) is 11.0 Å². The number of hydrogen-bond donors (Lipinski definition) is 2. The highest BCUT2D eigenvalue weighted by molar-refractivity contribution is 6.00. The summed E-state index contributed by atoms with van der Waals surface area (Å²) in [6.45, 7) is 2.68. The van der Waals surface area contributed by atoms with Gasteiger partial charge in [0.15, 0.2) is 5.76 Å². The predicted octanol–water partition coefficient (Wildman–Crippen LogP) is 1.98. The highest BCUT2D eigenvalue weighted by Crippen LogP contribution is 2.26. The summed E-state index contributed by atoms with van der Waals surface area (Å²) in [6, 6.07) is 7.71. The van der Waals surface area contributed by atoms with E-state index in [1.165, 1.54) is 0 Å². The van der Waals surface area contributed by atoms with E-state index in [2.05, 4.69) is 10.6 Å². The van der Waals surface area contributed by atoms with Crippen LogP contribution in [-0.4, -0.2) is 31.0 Å². The quantitative estimate of drug-likeness (QED) is 0.818. The maximum absolute atomic E-state index is 12.4. The number of nitrogens with one attached hydrogen (secondary N) is 2. The van der Waals surface area contributed by atoms with Gasteiger partial charge in [-0.3, -0.25) is 9.59 Å². The lowest BCUT2D eigenvalue weighted by molar-refractivity contribution is -0.120. The van der Waals surface area contributed by atoms with Crippen molar-refractivity contribution in [3.63, 3.8) is 0 Å². The minimum absolute atomic E-state index is 0.0551. The summed E-state index contributed by atoms with van der Waals surface area (Å²) in [6.07, 6.45) is 2.03. The van der Waals surface area contributed by atoms with Gasteiger partial charge in [0.25, 0.3) is 5.91 Å². The van der Waals surface area contributed by atoms with Crippen molar-refractivity contribution in [1.82, 2.24) is 10.6 Å². The van der Waals surface area contributed by atoms with Gasteiger partial charge in [0.1, 0.15) is 5.58 Å². The van der Waals surface area contributed by atoms with Crippen LogP contribution in [0.1, 0.15) is 35.9 Å². The molecule has 1 aromatic heterocycles. The molecule has 6 heteroatoms. The van der Waals surface area contributed by atoms with E-state index in [0.29, 0.717) is 24.4 Å². The third-order valence-corrected chi connectivity index (χ3v) is 3.71. The molecule has 3 rings (SSSR count). The lowest BCUT2D eigenvalue weighted by Crippen LogP contribution is -2.38. The molecular formula is C17H20N2O4. The van der Waals surface area contributed by atoms with Crippen LogP contribution in [0.3, 0.4) is 0 Å². The van der Waals surface area contributed by atoms with Crippen LogP contribution < -0.4 is 10.6 Å². The van der Waals surface area contributed by atoms with E-state index < -0.39 is 5.91 Å². The second-order valence-electron chi connectivity index (χ2n) is 5.57. The SMILES string of the molecule is CCOCc1c(C(=O)NCC(=O)NC2CC2)oc2ccccc12. The second kappa shape index (κ2) is 6.83. The fraction of sp³-hybridized carbons (Fsp3) is 0.412. The minimum atomic E-state index is -0.401. The zero-order chi connectivity index (χ0) is 16.2. The van der Waals surface area contributed by atoms with Crippen LogP contribution in [0.2, 0.25) is 0 Å². The Morgan fingerprint density at radius 1 is 1.30 bits per heavy atom. The molecule has 0 unspecified atom stereocenters. The molecule has 0 saturated heterocycles. The number of furan rings is 1. The van der Waals surface area contributed by atoms with E-state index in [-0.39, 0.29) is 24.3 Å². The molecule has 122 valence electrons. The molecule has 2 N–H and O–H groups in total. The molecule has 0 atom stereocenters. The van der Waals surface area contributed by atoms with E-state index in [1.54, 1.807) is 6.07 Å². The highest BCUT2D eigenvalue weighted by atomic mass is 16.5. The molecule has 1 aliphatic rings. The molecular weight excluding hydrogens is 296 g/mol. The van der Waals surface area contributed by atoms with Crippen molar-refractivity contribution in [2.24, 2.45) is 0 Å². The Kier molecular flexibility index (Phi) is 4.62. The van der Waals surface area contributed by atoms with Crippen LogP contribution in [0.4, 0.5) is 0 Å². The topological polar surface area (TPSA) is 80.6 Å². The van der Waals surface area contributed by atoms with Crippen LogP contribution in [0, 0.1) is 0 Å². The van der Waals surface area contributed by atoms with Gasteiger partial charge in [-0.05, 0) is 25.8 Å². The fourth-order valence-corrected chi connectivity index (χ4v) is 2.38. The van der Waals surface area contributed by atoms with E-state index in [0.717, 1.165) is 18.2 Å². The summed E-state index contributed by atoms with van der Waals surface area (Å²) < 4.78 is 11.1. The summed E-state index contributed by atoms with van der Waals surface area (Å²) in [5.74, 6) is -0.371. The molecule has 0 aliphatic heterocycles. The van der Waals surface area contributed by atoms with Gasteiger partial charge in [0, 0.05) is 23.6 Å². The molecule has 1 saturated carbocycles. The van der Waals surface area contributed by atoms with E-state index in [1.807, 2.05) is 25.1 Å². The number of carbonyl (C=O) groups is 2. The van der Waals surface area contributed by atoms with Crippen LogP contribution in [0.5, 0.6) is 0 Å². The Hall–Kier alpha value is -2.34. The van der Waals surface area contributed by atoms with Gasteiger partial charge in [0.2, 0.25) is 5.91 Å². The standard InChI is InChI=1S/C17H20N2O4/c1-2-22-10-13-12-5-3-4-6-14(12)23-16(13)17(21)18-9-15(20)19-11-7-8-11/h3-6,11H,2,7-10H2,1H3,(H,18,21)(H,19,20). The summed E-state index contributed by atoms with van der Waals surface area (Å²) in [7, 11) is 0. The Balaban J connectivity index is 1.74. The Labute approximate surface area is 134 Å². The smallest absolute Gasteiger partial charge is 0.287 e. The number of benzene rings is 1. The number of hydrogen-bond acceptors (Lipinski definition) is 4.